The van der Waals surface area contributed by atoms with Crippen molar-refractivity contribution in [2.24, 2.45) is 0 Å². The van der Waals surface area contributed by atoms with Gasteiger partial charge in [-0.05, 0) is 141 Å². The second-order valence-corrected chi connectivity index (χ2v) is 29.5. The van der Waals surface area contributed by atoms with Gasteiger partial charge in [0, 0.05) is 42.3 Å². The number of hydrogen-bond acceptors (Lipinski definition) is 29. The van der Waals surface area contributed by atoms with Crippen LogP contribution in [0.15, 0.2) is 239 Å². The predicted octanol–water partition coefficient (Wildman–Crippen LogP) is 12.3. The number of rotatable bonds is 27. The van der Waals surface area contributed by atoms with E-state index in [1.165, 1.54) is 39.7 Å². The number of nitrogens with zero attached hydrogens (tertiary/aromatic N) is 16. The molecule has 0 spiro atoms. The minimum atomic E-state index is -0.695. The topological polar surface area (TPSA) is 515 Å². The fourth-order valence-electron chi connectivity index (χ4n) is 14.6. The molecule has 0 saturated heterocycles. The molecule has 0 radical (unpaired) electrons. The fourth-order valence-corrected chi connectivity index (χ4v) is 15.2. The summed E-state index contributed by atoms with van der Waals surface area (Å²) in [7, 11) is 0. The van der Waals surface area contributed by atoms with E-state index in [0.29, 0.717) is 133 Å². The first-order chi connectivity index (χ1) is 61.9. The molecule has 10 aromatic heterocycles. The molecular weight excluding hydrogens is 1640 g/mol. The number of fused-ring (bicyclic) bond motifs is 5. The highest BCUT2D eigenvalue weighted by Crippen LogP contribution is 2.33. The van der Waals surface area contributed by atoms with Gasteiger partial charge in [-0.15, -0.1) is 11.3 Å². The summed E-state index contributed by atoms with van der Waals surface area (Å²) in [4.78, 5) is 151. The van der Waals surface area contributed by atoms with Crippen LogP contribution >= 0.6 is 11.3 Å². The number of carbonyl (C=O) groups excluding carboxylic acids is 4. The van der Waals surface area contributed by atoms with E-state index >= 15 is 0 Å². The van der Waals surface area contributed by atoms with Gasteiger partial charge in [-0.1, -0.05) is 118 Å². The van der Waals surface area contributed by atoms with Crippen molar-refractivity contribution in [1.82, 2.24) is 94.4 Å². The maximum Gasteiger partial charge on any atom is 0.294 e. The van der Waals surface area contributed by atoms with E-state index in [4.69, 9.17) is 36.2 Å². The molecule has 0 aliphatic heterocycles. The van der Waals surface area contributed by atoms with E-state index in [2.05, 4.69) is 87.5 Å². The summed E-state index contributed by atoms with van der Waals surface area (Å²) in [5.74, 6) is 0.854. The molecule has 0 aliphatic carbocycles. The van der Waals surface area contributed by atoms with Crippen LogP contribution in [0.4, 0.5) is 34.4 Å². The van der Waals surface area contributed by atoms with Crippen molar-refractivity contribution in [3.63, 3.8) is 0 Å². The smallest absolute Gasteiger partial charge is 0.294 e. The summed E-state index contributed by atoms with van der Waals surface area (Å²) < 4.78 is 4.75. The largest absolute Gasteiger partial charge is 0.388 e. The number of nitrogens with two attached hydrogens (primary N) is 1. The molecule has 36 nitrogen and oxygen atoms in total. The molecule has 10 heterocycles. The molecular formula is C90H80N26O10S. The normalized spacial score (nSPS) is 11.8. The van der Waals surface area contributed by atoms with Gasteiger partial charge in [0.05, 0.1) is 103 Å². The molecule has 3 amide bonds. The van der Waals surface area contributed by atoms with Crippen molar-refractivity contribution in [2.75, 3.05) is 38.9 Å². The van der Waals surface area contributed by atoms with Crippen molar-refractivity contribution in [2.45, 2.75) is 84.5 Å². The molecule has 0 aliphatic rings. The molecule has 17 aromatic rings. The number of aryl methyl sites for hydroxylation is 3. The number of aromatic nitrogens is 17. The molecule has 14 N–H and O–H groups in total. The summed E-state index contributed by atoms with van der Waals surface area (Å²) in [6.45, 7) is 7.23. The lowest BCUT2D eigenvalue weighted by atomic mass is 10.00. The number of ketones is 1. The minimum absolute atomic E-state index is 0.0697. The third-order valence-corrected chi connectivity index (χ3v) is 21.6. The predicted molar refractivity (Wildman–Crippen MR) is 479 cm³/mol. The number of benzene rings is 7. The highest BCUT2D eigenvalue weighted by atomic mass is 32.1. The van der Waals surface area contributed by atoms with E-state index in [9.17, 15) is 38.8 Å². The number of aromatic amines is 2. The Morgan fingerprint density at radius 2 is 0.992 bits per heavy atom. The van der Waals surface area contributed by atoms with Gasteiger partial charge in [0.1, 0.15) is 64.1 Å². The van der Waals surface area contributed by atoms with Crippen LogP contribution in [0, 0.1) is 18.3 Å². The Labute approximate surface area is 724 Å². The Morgan fingerprint density at radius 1 is 0.512 bits per heavy atom. The third kappa shape index (κ3) is 18.3. The molecule has 0 fully saturated rings. The minimum Gasteiger partial charge on any atom is -0.388 e. The van der Waals surface area contributed by atoms with E-state index in [1.54, 1.807) is 88.5 Å². The maximum atomic E-state index is 14.4. The Bertz CT molecular complexity index is 7190. The number of para-hydroxylation sites is 3. The first kappa shape index (κ1) is 85.4. The average Bonchev–Trinajstić information content (AvgIpc) is 1.31. The summed E-state index contributed by atoms with van der Waals surface area (Å²) in [5.41, 5.74) is 18.0. The molecule has 7 aromatic carbocycles. The van der Waals surface area contributed by atoms with Gasteiger partial charge in [-0.3, -0.25) is 63.0 Å². The van der Waals surface area contributed by atoms with Crippen LogP contribution in [-0.4, -0.2) is 129 Å². The number of imidazole rings is 2. The molecule has 3 atom stereocenters. The summed E-state index contributed by atoms with van der Waals surface area (Å²) in [6.07, 6.45) is 11.9. The number of nitrogens with one attached hydrogen (secondary N) is 9. The van der Waals surface area contributed by atoms with E-state index < -0.39 is 47.8 Å². The van der Waals surface area contributed by atoms with Crippen LogP contribution in [0.2, 0.25) is 0 Å². The Kier molecular flexibility index (Phi) is 26.0. The summed E-state index contributed by atoms with van der Waals surface area (Å²) in [5, 5.41) is 55.5. The van der Waals surface area contributed by atoms with Gasteiger partial charge in [0.25, 0.3) is 34.4 Å². The number of carbonyl (C=O) groups is 4. The maximum absolute atomic E-state index is 14.4. The number of hydrogen-bond donors (Lipinski definition) is 13. The Morgan fingerprint density at radius 3 is 1.49 bits per heavy atom. The number of aliphatic hydroxyl groups is 1. The van der Waals surface area contributed by atoms with Gasteiger partial charge in [0.2, 0.25) is 5.95 Å². The van der Waals surface area contributed by atoms with E-state index in [1.807, 2.05) is 160 Å². The van der Waals surface area contributed by atoms with Crippen molar-refractivity contribution in [3.8, 4) is 23.1 Å². The standard InChI is InChI=1S/C32H30N8O3.C30H25N9O4.C28H25N9O3S/c1-3-25(37-29-24(18-33)28(34)35-19(2)36-29)30-38-26-11-7-8-21(15-12-20-13-16-22(17-14-20)31(41)39-43)27(26)32(42)40(30)23-9-5-4-6-10-23;1-2-20(36-26-25-22(11-12-31-26)34-16-35-25)27-37-21-10-6-9-19(24(21)29(43)39(27)18-7-4-3-5-8-18)28(42)38-30-32-13-17(14-33-30)23(41)15-40;1-2-18(33-24-23-20(11-12-29-24)31-15-32-23)25-34-19-10-6-7-16(13-30-28-35-21(14-41-28)26(38)36-40)22(19)27(39)37(25)17-8-4-3-5-9-17/h4-11,13-14,16-17,25,43H,3,12,15H2,1-2H3,(H,39,41)(H3,34,35,36,37);3-14,16,20,40H,2,15H2,1H3,(H,31,36)(H,34,35)(H,32,33,38,42);3-12,14-15,18,40H,2,13H2,1H3,(H,29,33)(H,30,35)(H,31,32)(H,36,38)/t25-;20-;18-/m000/s1. The first-order valence-corrected chi connectivity index (χ1v) is 40.9. The molecule has 17 rings (SSSR count). The van der Waals surface area contributed by atoms with Gasteiger partial charge >= 0.3 is 0 Å². The average molecular weight is 1720 g/mol. The quantitative estimate of drug-likeness (QED) is 0.0129. The van der Waals surface area contributed by atoms with Crippen molar-refractivity contribution in [1.29, 1.82) is 5.26 Å². The van der Waals surface area contributed by atoms with Gasteiger partial charge in [-0.2, -0.15) is 5.26 Å². The van der Waals surface area contributed by atoms with Crippen LogP contribution in [0.5, 0.6) is 0 Å². The second-order valence-electron chi connectivity index (χ2n) is 28.7. The van der Waals surface area contributed by atoms with Gasteiger partial charge in [-0.25, -0.2) is 70.8 Å². The van der Waals surface area contributed by atoms with Crippen LogP contribution in [0.1, 0.15) is 145 Å². The SMILES string of the molecule is CC[C@H](Nc1nc(C)nc(N)c1C#N)c1nc2cccc(CCc3ccc(C(=O)NO)cc3)c2c(=O)n1-c1ccccc1.CC[C@H](Nc1nccc2[nH]cnc12)c1nc2cccc(C(=O)Nc3ncc(C(=O)CO)cn3)c2c(=O)n1-c1ccccc1.CC[C@H](Nc1nccc2[nH]cnc12)c1nc2cccc(CNc3nc(C(=O)NO)cs3)c2c(=O)n1-c1ccccc1. The number of aliphatic hydroxyl groups excluding tert-OH is 1. The molecule has 0 bridgehead atoms. The van der Waals surface area contributed by atoms with Crippen LogP contribution in [-0.2, 0) is 19.4 Å². The molecule has 127 heavy (non-hydrogen) atoms. The number of pyridine rings is 2. The lowest BCUT2D eigenvalue weighted by Gasteiger charge is -2.23. The highest BCUT2D eigenvalue weighted by Gasteiger charge is 2.29. The van der Waals surface area contributed by atoms with Crippen molar-refractivity contribution < 1.29 is 34.7 Å². The summed E-state index contributed by atoms with van der Waals surface area (Å²) >= 11 is 1.22. The van der Waals surface area contributed by atoms with E-state index in [-0.39, 0.29) is 69.1 Å². The number of nitriles is 1. The number of hydroxylamine groups is 2. The van der Waals surface area contributed by atoms with Crippen LogP contribution in [0.3, 0.4) is 0 Å². The Balaban J connectivity index is 0.000000147. The van der Waals surface area contributed by atoms with Crippen LogP contribution in [0.25, 0.3) is 71.8 Å². The number of Topliss-reactive ketones (excluding diaryl/α,β-unsaturated/α-hetero) is 1. The molecule has 636 valence electrons. The van der Waals surface area contributed by atoms with Gasteiger partial charge < -0.3 is 42.1 Å². The fraction of sp³-hybridized carbons (Fsp3) is 0.156. The molecule has 0 saturated carbocycles. The highest BCUT2D eigenvalue weighted by molar-refractivity contribution is 7.13. The third-order valence-electron chi connectivity index (χ3n) is 20.8. The zero-order valence-electron chi connectivity index (χ0n) is 68.4. The number of thiazole rings is 1. The molecule has 37 heteroatoms. The first-order valence-electron chi connectivity index (χ1n) is 40.0. The Hall–Kier alpha value is -16.6. The van der Waals surface area contributed by atoms with Crippen molar-refractivity contribution >= 4 is 124 Å². The zero-order chi connectivity index (χ0) is 88.8. The number of nitrogen functional groups attached to an aromatic ring is 1. The van der Waals surface area contributed by atoms with Crippen LogP contribution < -0.4 is 60.0 Å². The number of amides is 3. The number of H-pyrrole nitrogens is 2. The zero-order valence-corrected chi connectivity index (χ0v) is 69.2. The number of anilines is 6. The summed E-state index contributed by atoms with van der Waals surface area (Å²) in [6, 6.07) is 55.2. The van der Waals surface area contributed by atoms with Gasteiger partial charge in [0.15, 0.2) is 28.4 Å². The lowest BCUT2D eigenvalue weighted by molar-refractivity contribution is 0.0699. The van der Waals surface area contributed by atoms with E-state index in [0.717, 1.165) is 27.7 Å². The molecule has 0 unspecified atom stereocenters. The monoisotopic (exact) mass is 1720 g/mol. The lowest BCUT2D eigenvalue weighted by Crippen LogP contribution is -2.30. The second kappa shape index (κ2) is 38.7. The van der Waals surface area contributed by atoms with Crippen molar-refractivity contribution in [3.05, 3.63) is 324 Å².